The molecule has 0 fully saturated rings. The van der Waals surface area contributed by atoms with Crippen molar-refractivity contribution in [3.05, 3.63) is 34.5 Å². The molecule has 2 rings (SSSR count). The molecule has 74 valence electrons. The SMILES string of the molecule is Cc1cc(F)c2scc(C(F)F)c2c1. The van der Waals surface area contributed by atoms with E-state index < -0.39 is 12.2 Å². The molecule has 0 spiro atoms. The molecule has 2 aromatic rings. The van der Waals surface area contributed by atoms with Gasteiger partial charge in [0.25, 0.3) is 6.43 Å². The molecule has 0 atom stereocenters. The lowest BCUT2D eigenvalue weighted by Gasteiger charge is -1.99. The van der Waals surface area contributed by atoms with E-state index in [0.717, 1.165) is 11.3 Å². The zero-order valence-corrected chi connectivity index (χ0v) is 8.17. The fourth-order valence-electron chi connectivity index (χ4n) is 1.42. The second kappa shape index (κ2) is 3.28. The van der Waals surface area contributed by atoms with Gasteiger partial charge < -0.3 is 0 Å². The lowest BCUT2D eigenvalue weighted by molar-refractivity contribution is 0.153. The quantitative estimate of drug-likeness (QED) is 0.667. The van der Waals surface area contributed by atoms with Crippen LogP contribution in [0.2, 0.25) is 0 Å². The van der Waals surface area contributed by atoms with Crippen molar-refractivity contribution in [3.63, 3.8) is 0 Å². The first-order chi connectivity index (χ1) is 6.59. The first-order valence-electron chi connectivity index (χ1n) is 4.05. The molecule has 0 nitrogen and oxygen atoms in total. The Morgan fingerprint density at radius 2 is 2.00 bits per heavy atom. The normalized spacial score (nSPS) is 11.5. The Balaban J connectivity index is 2.78. The Bertz CT molecular complexity index is 473. The average Bonchev–Trinajstić information content (AvgIpc) is 2.47. The van der Waals surface area contributed by atoms with Crippen LogP contribution in [-0.2, 0) is 0 Å². The van der Waals surface area contributed by atoms with Crippen molar-refractivity contribution >= 4 is 21.4 Å². The van der Waals surface area contributed by atoms with E-state index in [2.05, 4.69) is 0 Å². The molecular formula is C10H7F3S. The zero-order valence-electron chi connectivity index (χ0n) is 7.35. The van der Waals surface area contributed by atoms with Crippen molar-refractivity contribution in [1.29, 1.82) is 0 Å². The molecule has 0 bridgehead atoms. The van der Waals surface area contributed by atoms with Crippen molar-refractivity contribution in [2.24, 2.45) is 0 Å². The summed E-state index contributed by atoms with van der Waals surface area (Å²) < 4.78 is 38.6. The largest absolute Gasteiger partial charge is 0.265 e. The molecule has 1 aromatic carbocycles. The van der Waals surface area contributed by atoms with E-state index in [0.29, 0.717) is 15.6 Å². The first kappa shape index (κ1) is 9.52. The molecule has 0 aliphatic heterocycles. The van der Waals surface area contributed by atoms with Gasteiger partial charge in [-0.15, -0.1) is 11.3 Å². The van der Waals surface area contributed by atoms with Gasteiger partial charge in [-0.05, 0) is 24.6 Å². The number of thiophene rings is 1. The van der Waals surface area contributed by atoms with Gasteiger partial charge in [-0.25, -0.2) is 13.2 Å². The minimum atomic E-state index is -2.54. The number of hydrogen-bond donors (Lipinski definition) is 0. The van der Waals surface area contributed by atoms with Gasteiger partial charge in [-0.3, -0.25) is 0 Å². The number of alkyl halides is 2. The Kier molecular flexibility index (Phi) is 2.23. The minimum absolute atomic E-state index is 0.0763. The first-order valence-corrected chi connectivity index (χ1v) is 4.93. The summed E-state index contributed by atoms with van der Waals surface area (Å²) in [5.41, 5.74) is 0.586. The highest BCUT2D eigenvalue weighted by Crippen LogP contribution is 2.34. The van der Waals surface area contributed by atoms with Crippen molar-refractivity contribution in [3.8, 4) is 0 Å². The summed E-state index contributed by atoms with van der Waals surface area (Å²) in [7, 11) is 0. The summed E-state index contributed by atoms with van der Waals surface area (Å²) in [5, 5.41) is 1.65. The third-order valence-corrected chi connectivity index (χ3v) is 3.06. The van der Waals surface area contributed by atoms with Crippen LogP contribution in [0.3, 0.4) is 0 Å². The van der Waals surface area contributed by atoms with Crippen molar-refractivity contribution in [1.82, 2.24) is 0 Å². The van der Waals surface area contributed by atoms with Gasteiger partial charge in [0.1, 0.15) is 5.82 Å². The van der Waals surface area contributed by atoms with Crippen LogP contribution < -0.4 is 0 Å². The highest BCUT2D eigenvalue weighted by atomic mass is 32.1. The Hall–Kier alpha value is -1.03. The molecular weight excluding hydrogens is 209 g/mol. The molecule has 0 aliphatic carbocycles. The number of aryl methyl sites for hydroxylation is 1. The molecule has 0 aliphatic rings. The Morgan fingerprint density at radius 1 is 1.29 bits per heavy atom. The fourth-order valence-corrected chi connectivity index (χ4v) is 2.37. The van der Waals surface area contributed by atoms with E-state index in [1.807, 2.05) is 0 Å². The van der Waals surface area contributed by atoms with E-state index in [1.165, 1.54) is 11.4 Å². The number of benzene rings is 1. The molecule has 1 heterocycles. The van der Waals surface area contributed by atoms with E-state index in [4.69, 9.17) is 0 Å². The number of rotatable bonds is 1. The van der Waals surface area contributed by atoms with Gasteiger partial charge >= 0.3 is 0 Å². The zero-order chi connectivity index (χ0) is 10.3. The van der Waals surface area contributed by atoms with Crippen molar-refractivity contribution in [2.75, 3.05) is 0 Å². The maximum absolute atomic E-state index is 13.3. The molecule has 0 saturated carbocycles. The van der Waals surface area contributed by atoms with Crippen LogP contribution in [0.5, 0.6) is 0 Å². The second-order valence-corrected chi connectivity index (χ2v) is 3.99. The third kappa shape index (κ3) is 1.39. The third-order valence-electron chi connectivity index (χ3n) is 2.04. The molecule has 14 heavy (non-hydrogen) atoms. The van der Waals surface area contributed by atoms with Gasteiger partial charge in [0, 0.05) is 16.3 Å². The van der Waals surface area contributed by atoms with Gasteiger partial charge in [0.2, 0.25) is 0 Å². The van der Waals surface area contributed by atoms with Gasteiger partial charge in [-0.2, -0.15) is 0 Å². The fraction of sp³-hybridized carbons (Fsp3) is 0.200. The second-order valence-electron chi connectivity index (χ2n) is 3.12. The lowest BCUT2D eigenvalue weighted by Crippen LogP contribution is -1.83. The van der Waals surface area contributed by atoms with E-state index in [-0.39, 0.29) is 5.56 Å². The molecule has 0 radical (unpaired) electrons. The summed E-state index contributed by atoms with van der Waals surface area (Å²) in [6.45, 7) is 1.69. The van der Waals surface area contributed by atoms with Crippen LogP contribution in [0.4, 0.5) is 13.2 Å². The number of halogens is 3. The van der Waals surface area contributed by atoms with Crippen LogP contribution in [0.1, 0.15) is 17.6 Å². The number of fused-ring (bicyclic) bond motifs is 1. The van der Waals surface area contributed by atoms with Crippen molar-refractivity contribution < 1.29 is 13.2 Å². The average molecular weight is 216 g/mol. The maximum Gasteiger partial charge on any atom is 0.265 e. The molecule has 0 amide bonds. The summed E-state index contributed by atoms with van der Waals surface area (Å²) >= 11 is 1.02. The van der Waals surface area contributed by atoms with E-state index in [1.54, 1.807) is 13.0 Å². The molecule has 0 N–H and O–H groups in total. The lowest BCUT2D eigenvalue weighted by atomic mass is 10.1. The summed E-state index contributed by atoms with van der Waals surface area (Å²) in [6, 6.07) is 2.95. The van der Waals surface area contributed by atoms with E-state index in [9.17, 15) is 13.2 Å². The van der Waals surface area contributed by atoms with Crippen LogP contribution >= 0.6 is 11.3 Å². The topological polar surface area (TPSA) is 0 Å². The molecule has 0 unspecified atom stereocenters. The predicted molar refractivity (Wildman–Crippen MR) is 51.5 cm³/mol. The van der Waals surface area contributed by atoms with Crippen LogP contribution in [0, 0.1) is 12.7 Å². The highest BCUT2D eigenvalue weighted by Gasteiger charge is 2.15. The predicted octanol–water partition coefficient (Wildman–Crippen LogP) is 4.29. The minimum Gasteiger partial charge on any atom is -0.205 e. The summed E-state index contributed by atoms with van der Waals surface area (Å²) in [4.78, 5) is 0. The van der Waals surface area contributed by atoms with Crippen molar-refractivity contribution in [2.45, 2.75) is 13.3 Å². The highest BCUT2D eigenvalue weighted by molar-refractivity contribution is 7.17. The number of hydrogen-bond acceptors (Lipinski definition) is 1. The summed E-state index contributed by atoms with van der Waals surface area (Å²) in [5.74, 6) is -0.420. The monoisotopic (exact) mass is 216 g/mol. The Morgan fingerprint density at radius 3 is 2.64 bits per heavy atom. The Labute approximate surface area is 83.0 Å². The van der Waals surface area contributed by atoms with Gasteiger partial charge in [0.15, 0.2) is 0 Å². The van der Waals surface area contributed by atoms with Crippen LogP contribution in [-0.4, -0.2) is 0 Å². The van der Waals surface area contributed by atoms with E-state index >= 15 is 0 Å². The van der Waals surface area contributed by atoms with Gasteiger partial charge in [-0.1, -0.05) is 0 Å². The molecule has 4 heteroatoms. The molecule has 1 aromatic heterocycles. The summed E-state index contributed by atoms with van der Waals surface area (Å²) in [6.07, 6.45) is -2.54. The molecule has 0 saturated heterocycles. The van der Waals surface area contributed by atoms with Crippen LogP contribution in [0.15, 0.2) is 17.5 Å². The smallest absolute Gasteiger partial charge is 0.205 e. The maximum atomic E-state index is 13.3. The van der Waals surface area contributed by atoms with Gasteiger partial charge in [0.05, 0.1) is 4.70 Å². The van der Waals surface area contributed by atoms with Crippen LogP contribution in [0.25, 0.3) is 10.1 Å². The standard InChI is InChI=1S/C10H7F3S/c1-5-2-6-7(10(12)13)4-14-9(6)8(11)3-5/h2-4,10H,1H3.